The molecule has 0 atom stereocenters. The third kappa shape index (κ3) is 3.74. The smallest absolute Gasteiger partial charge is 0.253 e. The van der Waals surface area contributed by atoms with Crippen LogP contribution in [0, 0.1) is 0 Å². The Balaban J connectivity index is 1.40. The van der Waals surface area contributed by atoms with Gasteiger partial charge < -0.3 is 9.80 Å². The normalized spacial score (nSPS) is 18.4. The Hall–Kier alpha value is -2.45. The molecule has 0 aliphatic carbocycles. The van der Waals surface area contributed by atoms with Crippen LogP contribution in [0.15, 0.2) is 53.7 Å². The Morgan fingerprint density at radius 1 is 0.821 bits per heavy atom. The molecule has 3 heterocycles. The van der Waals surface area contributed by atoms with Crippen LogP contribution in [0.2, 0.25) is 0 Å². The summed E-state index contributed by atoms with van der Waals surface area (Å²) >= 11 is 0. The van der Waals surface area contributed by atoms with Crippen LogP contribution in [0.5, 0.6) is 0 Å². The zero-order valence-electron chi connectivity index (χ0n) is 15.8. The lowest BCUT2D eigenvalue weighted by Crippen LogP contribution is -2.48. The summed E-state index contributed by atoms with van der Waals surface area (Å²) in [6, 6.07) is 10.4. The van der Waals surface area contributed by atoms with Crippen LogP contribution in [-0.2, 0) is 10.0 Å². The molecule has 0 radical (unpaired) electrons. The minimum atomic E-state index is -3.44. The molecular weight excluding hydrogens is 376 g/mol. The maximum atomic E-state index is 12.8. The summed E-state index contributed by atoms with van der Waals surface area (Å²) in [5, 5.41) is 0. The first-order chi connectivity index (χ1) is 13.6. The average molecular weight is 402 g/mol. The number of hydrogen-bond donors (Lipinski definition) is 0. The molecule has 2 aliphatic rings. The van der Waals surface area contributed by atoms with Crippen LogP contribution in [0.3, 0.4) is 0 Å². The minimum absolute atomic E-state index is 0.0498. The van der Waals surface area contributed by atoms with Crippen molar-refractivity contribution in [1.29, 1.82) is 0 Å². The predicted molar refractivity (Wildman–Crippen MR) is 106 cm³/mol. The Bertz CT molecular complexity index is 918. The van der Waals surface area contributed by atoms with Gasteiger partial charge in [-0.25, -0.2) is 13.4 Å². The number of amides is 1. The van der Waals surface area contributed by atoms with Crippen LogP contribution in [0.1, 0.15) is 23.2 Å². The first-order valence-electron chi connectivity index (χ1n) is 9.66. The molecule has 0 spiro atoms. The number of sulfonamides is 1. The van der Waals surface area contributed by atoms with Gasteiger partial charge in [-0.2, -0.15) is 4.31 Å². The highest BCUT2D eigenvalue weighted by Gasteiger charge is 2.28. The molecule has 1 aromatic carbocycles. The highest BCUT2D eigenvalue weighted by Crippen LogP contribution is 2.22. The SMILES string of the molecule is O=C(c1ccc(S(=O)(=O)N2CCCC2)cc1)N1CCN(c2cc[nH+]cc2)CC1. The second kappa shape index (κ2) is 7.89. The van der Waals surface area contributed by atoms with Gasteiger partial charge in [0.1, 0.15) is 0 Å². The van der Waals surface area contributed by atoms with Crippen molar-refractivity contribution in [3.63, 3.8) is 0 Å². The maximum absolute atomic E-state index is 12.8. The largest absolute Gasteiger partial charge is 0.368 e. The number of rotatable bonds is 4. The lowest BCUT2D eigenvalue weighted by molar-refractivity contribution is -0.377. The molecule has 1 aromatic heterocycles. The molecule has 0 bridgehead atoms. The van der Waals surface area contributed by atoms with Crippen molar-refractivity contribution in [2.75, 3.05) is 44.2 Å². The Morgan fingerprint density at radius 3 is 2.04 bits per heavy atom. The summed E-state index contributed by atoms with van der Waals surface area (Å²) in [6.45, 7) is 3.99. The van der Waals surface area contributed by atoms with E-state index in [-0.39, 0.29) is 10.8 Å². The average Bonchev–Trinajstić information content (AvgIpc) is 3.30. The van der Waals surface area contributed by atoms with Crippen molar-refractivity contribution in [3.8, 4) is 0 Å². The molecule has 28 heavy (non-hydrogen) atoms. The van der Waals surface area contributed by atoms with Gasteiger partial charge in [-0.1, -0.05) is 0 Å². The number of aromatic amines is 1. The van der Waals surface area contributed by atoms with Gasteiger partial charge in [0.25, 0.3) is 5.91 Å². The second-order valence-corrected chi connectivity index (χ2v) is 9.11. The number of carbonyl (C=O) groups is 1. The fourth-order valence-corrected chi connectivity index (χ4v) is 5.30. The van der Waals surface area contributed by atoms with E-state index >= 15 is 0 Å². The van der Waals surface area contributed by atoms with Crippen molar-refractivity contribution in [3.05, 3.63) is 54.4 Å². The molecule has 2 aliphatic heterocycles. The van der Waals surface area contributed by atoms with Gasteiger partial charge in [-0.15, -0.1) is 0 Å². The number of hydrogen-bond acceptors (Lipinski definition) is 4. The van der Waals surface area contributed by atoms with E-state index in [9.17, 15) is 13.2 Å². The first-order valence-corrected chi connectivity index (χ1v) is 11.1. The summed E-state index contributed by atoms with van der Waals surface area (Å²) < 4.78 is 26.7. The Kier molecular flexibility index (Phi) is 5.32. The van der Waals surface area contributed by atoms with Gasteiger partial charge in [0, 0.05) is 62.7 Å². The van der Waals surface area contributed by atoms with E-state index in [1.807, 2.05) is 29.4 Å². The van der Waals surface area contributed by atoms with E-state index in [1.54, 1.807) is 24.3 Å². The van der Waals surface area contributed by atoms with Crippen molar-refractivity contribution >= 4 is 21.6 Å². The molecule has 0 saturated carbocycles. The van der Waals surface area contributed by atoms with Crippen molar-refractivity contribution in [2.45, 2.75) is 17.7 Å². The number of pyridine rings is 1. The fraction of sp³-hybridized carbons (Fsp3) is 0.400. The number of H-pyrrole nitrogens is 1. The number of benzene rings is 1. The number of nitrogens with one attached hydrogen (secondary N) is 1. The van der Waals surface area contributed by atoms with E-state index in [4.69, 9.17) is 0 Å². The number of anilines is 1. The monoisotopic (exact) mass is 401 g/mol. The summed E-state index contributed by atoms with van der Waals surface area (Å²) in [5.74, 6) is -0.0498. The van der Waals surface area contributed by atoms with Gasteiger partial charge in [0.15, 0.2) is 12.4 Å². The number of carbonyl (C=O) groups excluding carboxylic acids is 1. The molecule has 0 unspecified atom stereocenters. The van der Waals surface area contributed by atoms with Gasteiger partial charge in [-0.3, -0.25) is 4.79 Å². The highest BCUT2D eigenvalue weighted by molar-refractivity contribution is 7.89. The zero-order valence-corrected chi connectivity index (χ0v) is 16.6. The van der Waals surface area contributed by atoms with Gasteiger partial charge in [-0.05, 0) is 37.1 Å². The van der Waals surface area contributed by atoms with Crippen LogP contribution in [-0.4, -0.2) is 62.8 Å². The van der Waals surface area contributed by atoms with Gasteiger partial charge in [0.2, 0.25) is 10.0 Å². The van der Waals surface area contributed by atoms with Crippen molar-refractivity contribution in [1.82, 2.24) is 9.21 Å². The van der Waals surface area contributed by atoms with Gasteiger partial charge in [0.05, 0.1) is 4.90 Å². The van der Waals surface area contributed by atoms with E-state index < -0.39 is 10.0 Å². The molecule has 2 fully saturated rings. The Labute approximate surface area is 165 Å². The maximum Gasteiger partial charge on any atom is 0.253 e. The lowest BCUT2D eigenvalue weighted by Gasteiger charge is -2.35. The molecule has 2 aromatic rings. The molecule has 4 rings (SSSR count). The highest BCUT2D eigenvalue weighted by atomic mass is 32.2. The van der Waals surface area contributed by atoms with Crippen LogP contribution < -0.4 is 9.88 Å². The second-order valence-electron chi connectivity index (χ2n) is 7.17. The van der Waals surface area contributed by atoms with Crippen molar-refractivity contribution in [2.24, 2.45) is 0 Å². The minimum Gasteiger partial charge on any atom is -0.368 e. The number of nitrogens with zero attached hydrogens (tertiary/aromatic N) is 3. The first kappa shape index (κ1) is 18.9. The van der Waals surface area contributed by atoms with E-state index in [0.29, 0.717) is 31.7 Å². The van der Waals surface area contributed by atoms with E-state index in [1.165, 1.54) is 4.31 Å². The van der Waals surface area contributed by atoms with Gasteiger partial charge >= 0.3 is 0 Å². The third-order valence-electron chi connectivity index (χ3n) is 5.44. The van der Waals surface area contributed by atoms with Crippen LogP contribution in [0.4, 0.5) is 5.69 Å². The fourth-order valence-electron chi connectivity index (χ4n) is 3.79. The van der Waals surface area contributed by atoms with Crippen LogP contribution in [0.25, 0.3) is 0 Å². The van der Waals surface area contributed by atoms with E-state index in [2.05, 4.69) is 9.88 Å². The number of piperazine rings is 1. The molecule has 1 N–H and O–H groups in total. The summed E-state index contributed by atoms with van der Waals surface area (Å²) in [4.78, 5) is 20.2. The predicted octanol–water partition coefficient (Wildman–Crippen LogP) is 1.25. The molecule has 2 saturated heterocycles. The van der Waals surface area contributed by atoms with Crippen molar-refractivity contribution < 1.29 is 18.2 Å². The molecule has 148 valence electrons. The third-order valence-corrected chi connectivity index (χ3v) is 7.35. The number of aromatic nitrogens is 1. The molecule has 8 heteroatoms. The molecular formula is C20H25N4O3S+. The van der Waals surface area contributed by atoms with E-state index in [0.717, 1.165) is 31.6 Å². The lowest BCUT2D eigenvalue weighted by atomic mass is 10.2. The van der Waals surface area contributed by atoms with Crippen LogP contribution >= 0.6 is 0 Å². The summed E-state index contributed by atoms with van der Waals surface area (Å²) in [6.07, 6.45) is 5.60. The summed E-state index contributed by atoms with van der Waals surface area (Å²) in [5.41, 5.74) is 1.67. The quantitative estimate of drug-likeness (QED) is 0.773. The molecule has 7 nitrogen and oxygen atoms in total. The molecule has 1 amide bonds. The standard InChI is InChI=1S/C20H24N4O3S/c25-20(23-15-13-22(14-16-23)18-7-9-21-10-8-18)17-3-5-19(6-4-17)28(26,27)24-11-1-2-12-24/h3-10H,1-2,11-16H2/p+1. The summed E-state index contributed by atoms with van der Waals surface area (Å²) in [7, 11) is -3.44. The topological polar surface area (TPSA) is 75.1 Å². The Morgan fingerprint density at radius 2 is 1.43 bits per heavy atom. The zero-order chi connectivity index (χ0) is 19.6.